The average molecular weight is 383 g/mol. The number of fused-ring (bicyclic) bond motifs is 2. The van der Waals surface area contributed by atoms with Crippen LogP contribution >= 0.6 is 11.6 Å². The molecule has 138 valence electrons. The molecule has 7 heteroatoms. The van der Waals surface area contributed by atoms with Gasteiger partial charge >= 0.3 is 0 Å². The smallest absolute Gasteiger partial charge is 0.268 e. The largest absolute Gasteiger partial charge is 0.351 e. The lowest BCUT2D eigenvalue weighted by atomic mass is 10.1. The van der Waals surface area contributed by atoms with Gasteiger partial charge in [0.15, 0.2) is 0 Å². The van der Waals surface area contributed by atoms with Crippen molar-refractivity contribution in [3.63, 3.8) is 0 Å². The zero-order chi connectivity index (χ0) is 19.0. The highest BCUT2D eigenvalue weighted by Gasteiger charge is 2.34. The highest BCUT2D eigenvalue weighted by molar-refractivity contribution is 6.31. The maximum Gasteiger partial charge on any atom is 0.268 e. The molecule has 2 atom stereocenters. The van der Waals surface area contributed by atoms with Gasteiger partial charge in [-0.1, -0.05) is 35.9 Å². The summed E-state index contributed by atoms with van der Waals surface area (Å²) in [5.41, 5.74) is 8.85. The zero-order valence-corrected chi connectivity index (χ0v) is 15.2. The lowest BCUT2D eigenvalue weighted by Crippen LogP contribution is -2.45. The number of amides is 2. The molecule has 2 aromatic carbocycles. The van der Waals surface area contributed by atoms with E-state index < -0.39 is 0 Å². The number of benzene rings is 2. The summed E-state index contributed by atoms with van der Waals surface area (Å²) in [5.74, 6) is -0.483. The molecule has 1 heterocycles. The first-order valence-corrected chi connectivity index (χ1v) is 9.09. The number of halogens is 1. The Hall–Kier alpha value is -2.83. The van der Waals surface area contributed by atoms with Crippen LogP contribution in [0.2, 0.25) is 5.02 Å². The van der Waals surface area contributed by atoms with E-state index in [4.69, 9.17) is 17.3 Å². The molecule has 5 N–H and O–H groups in total. The second-order valence-electron chi connectivity index (χ2n) is 6.65. The van der Waals surface area contributed by atoms with Gasteiger partial charge in [-0.25, -0.2) is 0 Å². The first-order valence-electron chi connectivity index (χ1n) is 8.71. The molecular formula is C20H19ClN4O2. The predicted molar refractivity (Wildman–Crippen MR) is 105 cm³/mol. The number of carbonyl (C=O) groups is 2. The number of aromatic amines is 1. The van der Waals surface area contributed by atoms with Crippen LogP contribution in [0.4, 0.5) is 0 Å². The summed E-state index contributed by atoms with van der Waals surface area (Å²) in [6, 6.07) is 14.5. The second kappa shape index (κ2) is 7.06. The predicted octanol–water partition coefficient (Wildman–Crippen LogP) is 2.29. The van der Waals surface area contributed by atoms with E-state index in [1.165, 1.54) is 0 Å². The van der Waals surface area contributed by atoms with Crippen molar-refractivity contribution in [3.8, 4) is 0 Å². The van der Waals surface area contributed by atoms with Crippen molar-refractivity contribution >= 4 is 34.3 Å². The molecule has 2 amide bonds. The summed E-state index contributed by atoms with van der Waals surface area (Å²) >= 11 is 6.01. The van der Waals surface area contributed by atoms with Crippen LogP contribution in [0.15, 0.2) is 48.5 Å². The number of rotatable bonds is 4. The maximum atomic E-state index is 12.8. The molecule has 1 aromatic heterocycles. The van der Waals surface area contributed by atoms with Gasteiger partial charge in [0.2, 0.25) is 5.91 Å². The van der Waals surface area contributed by atoms with Gasteiger partial charge < -0.3 is 21.4 Å². The summed E-state index contributed by atoms with van der Waals surface area (Å²) in [5, 5.41) is 7.44. The van der Waals surface area contributed by atoms with E-state index in [2.05, 4.69) is 15.6 Å². The van der Waals surface area contributed by atoms with Gasteiger partial charge in [-0.2, -0.15) is 0 Å². The molecule has 6 nitrogen and oxygen atoms in total. The number of nitrogens with two attached hydrogens (primary N) is 1. The normalized spacial score (nSPS) is 18.3. The van der Waals surface area contributed by atoms with Gasteiger partial charge in [0.25, 0.3) is 5.91 Å². The molecule has 0 saturated heterocycles. The minimum atomic E-state index is -0.306. The minimum Gasteiger partial charge on any atom is -0.351 e. The summed E-state index contributed by atoms with van der Waals surface area (Å²) in [7, 11) is 0. The van der Waals surface area contributed by atoms with Crippen LogP contribution in [0, 0.1) is 0 Å². The van der Waals surface area contributed by atoms with Gasteiger partial charge in [-0.3, -0.25) is 9.59 Å². The molecule has 1 aliphatic rings. The number of H-pyrrole nitrogens is 1. The first kappa shape index (κ1) is 17.6. The SMILES string of the molecule is NCC(=O)N[C@@H]1c2ccccc2C[C@H]1NC(=O)c1cc2cc(Cl)ccc2[nH]1. The molecule has 27 heavy (non-hydrogen) atoms. The van der Waals surface area contributed by atoms with Crippen LogP contribution in [0.3, 0.4) is 0 Å². The lowest BCUT2D eigenvalue weighted by Gasteiger charge is -2.22. The molecule has 0 radical (unpaired) electrons. The highest BCUT2D eigenvalue weighted by atomic mass is 35.5. The molecule has 0 spiro atoms. The van der Waals surface area contributed by atoms with E-state index in [0.29, 0.717) is 17.1 Å². The quantitative estimate of drug-likeness (QED) is 0.557. The standard InChI is InChI=1S/C20H19ClN4O2/c21-13-5-6-15-12(7-13)9-17(23-15)20(27)24-16-8-11-3-1-2-4-14(11)19(16)25-18(26)10-22/h1-7,9,16,19,23H,8,10,22H2,(H,24,27)(H,25,26)/t16-,19-/m1/s1. The summed E-state index contributed by atoms with van der Waals surface area (Å²) in [6.45, 7) is -0.0951. The van der Waals surface area contributed by atoms with Crippen molar-refractivity contribution in [1.82, 2.24) is 15.6 Å². The van der Waals surface area contributed by atoms with E-state index >= 15 is 0 Å². The van der Waals surface area contributed by atoms with Crippen LogP contribution in [0.1, 0.15) is 27.7 Å². The van der Waals surface area contributed by atoms with Crippen LogP contribution in [0.25, 0.3) is 10.9 Å². The summed E-state index contributed by atoms with van der Waals surface area (Å²) < 4.78 is 0. The molecule has 4 rings (SSSR count). The number of nitrogens with one attached hydrogen (secondary N) is 3. The van der Waals surface area contributed by atoms with E-state index in [-0.39, 0.29) is 30.4 Å². The van der Waals surface area contributed by atoms with Gasteiger partial charge in [0.1, 0.15) is 5.69 Å². The fourth-order valence-electron chi connectivity index (χ4n) is 3.61. The van der Waals surface area contributed by atoms with Gasteiger partial charge in [0.05, 0.1) is 18.6 Å². The van der Waals surface area contributed by atoms with Gasteiger partial charge in [-0.05, 0) is 41.8 Å². The van der Waals surface area contributed by atoms with Crippen molar-refractivity contribution in [2.24, 2.45) is 5.73 Å². The third-order valence-corrected chi connectivity index (χ3v) is 5.11. The first-order chi connectivity index (χ1) is 13.0. The number of aromatic nitrogens is 1. The topological polar surface area (TPSA) is 100 Å². The maximum absolute atomic E-state index is 12.8. The van der Waals surface area contributed by atoms with Crippen LogP contribution < -0.4 is 16.4 Å². The van der Waals surface area contributed by atoms with Gasteiger partial charge in [0, 0.05) is 15.9 Å². The Morgan fingerprint density at radius 2 is 1.96 bits per heavy atom. The van der Waals surface area contributed by atoms with Crippen LogP contribution in [0.5, 0.6) is 0 Å². The molecular weight excluding hydrogens is 364 g/mol. The Balaban J connectivity index is 1.58. The van der Waals surface area contributed by atoms with Gasteiger partial charge in [-0.15, -0.1) is 0 Å². The van der Waals surface area contributed by atoms with E-state index in [1.54, 1.807) is 18.2 Å². The molecule has 0 aliphatic heterocycles. The summed E-state index contributed by atoms with van der Waals surface area (Å²) in [4.78, 5) is 27.8. The fraction of sp³-hybridized carbons (Fsp3) is 0.200. The molecule has 0 bridgehead atoms. The number of hydrogen-bond donors (Lipinski definition) is 4. The van der Waals surface area contributed by atoms with E-state index in [0.717, 1.165) is 22.0 Å². The fourth-order valence-corrected chi connectivity index (χ4v) is 3.79. The van der Waals surface area contributed by atoms with Crippen LogP contribution in [-0.4, -0.2) is 29.4 Å². The lowest BCUT2D eigenvalue weighted by molar-refractivity contribution is -0.120. The van der Waals surface area contributed by atoms with Crippen molar-refractivity contribution in [2.45, 2.75) is 18.5 Å². The molecule has 0 saturated carbocycles. The molecule has 1 aliphatic carbocycles. The Morgan fingerprint density at radius 3 is 2.78 bits per heavy atom. The molecule has 0 fully saturated rings. The van der Waals surface area contributed by atoms with Crippen molar-refractivity contribution in [1.29, 1.82) is 0 Å². The Kier molecular flexibility index (Phi) is 4.59. The van der Waals surface area contributed by atoms with E-state index in [1.807, 2.05) is 30.3 Å². The average Bonchev–Trinajstić information content (AvgIpc) is 3.23. The number of hydrogen-bond acceptors (Lipinski definition) is 3. The highest BCUT2D eigenvalue weighted by Crippen LogP contribution is 2.31. The second-order valence-corrected chi connectivity index (χ2v) is 7.08. The van der Waals surface area contributed by atoms with E-state index in [9.17, 15) is 9.59 Å². The number of carbonyl (C=O) groups excluding carboxylic acids is 2. The Bertz CT molecular complexity index is 1030. The zero-order valence-electron chi connectivity index (χ0n) is 14.5. The third-order valence-electron chi connectivity index (χ3n) is 4.88. The minimum absolute atomic E-state index is 0.0951. The monoisotopic (exact) mass is 382 g/mol. The van der Waals surface area contributed by atoms with Crippen molar-refractivity contribution in [3.05, 3.63) is 70.4 Å². The van der Waals surface area contributed by atoms with Crippen LogP contribution in [-0.2, 0) is 11.2 Å². The summed E-state index contributed by atoms with van der Waals surface area (Å²) in [6.07, 6.45) is 0.642. The van der Waals surface area contributed by atoms with Crippen molar-refractivity contribution < 1.29 is 9.59 Å². The molecule has 0 unspecified atom stereocenters. The Labute approximate surface area is 161 Å². The third kappa shape index (κ3) is 3.41. The Morgan fingerprint density at radius 1 is 1.15 bits per heavy atom. The van der Waals surface area contributed by atoms with Crippen molar-refractivity contribution in [2.75, 3.05) is 6.54 Å². The molecule has 3 aromatic rings.